The van der Waals surface area contributed by atoms with E-state index >= 15 is 0 Å². The zero-order chi connectivity index (χ0) is 20.4. The zero-order valence-electron chi connectivity index (χ0n) is 17.1. The van der Waals surface area contributed by atoms with Crippen molar-refractivity contribution in [3.05, 3.63) is 65.5 Å². The number of carbonyl (C=O) groups is 1. The molecule has 6 heteroatoms. The Morgan fingerprint density at radius 1 is 0.966 bits per heavy atom. The highest BCUT2D eigenvalue weighted by molar-refractivity contribution is 5.93. The fourth-order valence-corrected chi connectivity index (χ4v) is 3.46. The van der Waals surface area contributed by atoms with Crippen molar-refractivity contribution in [2.75, 3.05) is 33.4 Å². The van der Waals surface area contributed by atoms with Gasteiger partial charge in [-0.05, 0) is 13.8 Å². The van der Waals surface area contributed by atoms with Gasteiger partial charge in [-0.2, -0.15) is 0 Å². The molecule has 150 valence electrons. The van der Waals surface area contributed by atoms with E-state index in [-0.39, 0.29) is 5.91 Å². The first-order chi connectivity index (χ1) is 14.0. The Kier molecular flexibility index (Phi) is 5.47. The van der Waals surface area contributed by atoms with E-state index < -0.39 is 0 Å². The number of imidazole rings is 1. The largest absolute Gasteiger partial charge is 0.379 e. The number of hydrazine groups is 1. The number of aryl methyl sites for hydroxylation is 2. The van der Waals surface area contributed by atoms with Crippen LogP contribution in [0.4, 0.5) is 0 Å². The number of carbonyl (C=O) groups excluding carboxylic acids is 1. The van der Waals surface area contributed by atoms with Gasteiger partial charge in [-0.3, -0.25) is 9.80 Å². The molecule has 2 heterocycles. The van der Waals surface area contributed by atoms with Crippen LogP contribution in [0, 0.1) is 13.8 Å². The van der Waals surface area contributed by atoms with Gasteiger partial charge in [0.05, 0.1) is 24.6 Å². The van der Waals surface area contributed by atoms with Crippen LogP contribution in [0.2, 0.25) is 0 Å². The summed E-state index contributed by atoms with van der Waals surface area (Å²) in [7, 11) is 1.78. The molecule has 0 radical (unpaired) electrons. The van der Waals surface area contributed by atoms with E-state index in [0.29, 0.717) is 32.1 Å². The van der Waals surface area contributed by atoms with Crippen molar-refractivity contribution in [2.24, 2.45) is 0 Å². The normalized spacial score (nSPS) is 14.7. The standard InChI is InChI=1S/C23H26N4O2/c1-16-4-8-18(9-5-16)20-21(19-10-6-17(2)7-11-19)25-22(24-20)23(28)26(3)27-12-14-29-15-13-27/h4-11H,12-15H2,1-3H3,(H,24,25). The van der Waals surface area contributed by atoms with Crippen LogP contribution < -0.4 is 0 Å². The second-order valence-electron chi connectivity index (χ2n) is 7.44. The van der Waals surface area contributed by atoms with Crippen molar-refractivity contribution in [1.29, 1.82) is 0 Å². The fourth-order valence-electron chi connectivity index (χ4n) is 3.46. The minimum Gasteiger partial charge on any atom is -0.379 e. The number of morpholine rings is 1. The van der Waals surface area contributed by atoms with Crippen LogP contribution in [0.25, 0.3) is 22.5 Å². The van der Waals surface area contributed by atoms with Crippen molar-refractivity contribution < 1.29 is 9.53 Å². The summed E-state index contributed by atoms with van der Waals surface area (Å²) in [6.45, 7) is 6.75. The third kappa shape index (κ3) is 4.09. The average Bonchev–Trinajstić information content (AvgIpc) is 3.20. The molecule has 0 atom stereocenters. The first-order valence-electron chi connectivity index (χ1n) is 9.87. The number of nitrogens with one attached hydrogen (secondary N) is 1. The van der Waals surface area contributed by atoms with Crippen LogP contribution in [-0.4, -0.2) is 59.2 Å². The molecule has 0 bridgehead atoms. The molecule has 0 spiro atoms. The van der Waals surface area contributed by atoms with Crippen molar-refractivity contribution >= 4 is 5.91 Å². The van der Waals surface area contributed by atoms with Gasteiger partial charge in [-0.25, -0.2) is 9.99 Å². The number of aromatic amines is 1. The van der Waals surface area contributed by atoms with Gasteiger partial charge in [0.15, 0.2) is 5.82 Å². The summed E-state index contributed by atoms with van der Waals surface area (Å²) in [6.07, 6.45) is 0. The van der Waals surface area contributed by atoms with Crippen LogP contribution in [0.15, 0.2) is 48.5 Å². The lowest BCUT2D eigenvalue weighted by molar-refractivity contribution is -0.0583. The highest BCUT2D eigenvalue weighted by atomic mass is 16.5. The van der Waals surface area contributed by atoms with Gasteiger partial charge in [0.1, 0.15) is 0 Å². The zero-order valence-corrected chi connectivity index (χ0v) is 17.1. The molecule has 1 aliphatic rings. The molecule has 6 nitrogen and oxygen atoms in total. The van der Waals surface area contributed by atoms with E-state index in [1.807, 2.05) is 17.1 Å². The summed E-state index contributed by atoms with van der Waals surface area (Å²) in [5.41, 5.74) is 6.00. The molecule has 1 aliphatic heterocycles. The van der Waals surface area contributed by atoms with E-state index in [1.54, 1.807) is 12.1 Å². The number of hydrogen-bond donors (Lipinski definition) is 1. The third-order valence-corrected chi connectivity index (χ3v) is 5.28. The Morgan fingerprint density at radius 3 is 2.10 bits per heavy atom. The lowest BCUT2D eigenvalue weighted by atomic mass is 10.0. The minimum atomic E-state index is -0.154. The first kappa shape index (κ1) is 19.4. The first-order valence-corrected chi connectivity index (χ1v) is 9.87. The maximum atomic E-state index is 13.1. The lowest BCUT2D eigenvalue weighted by Crippen LogP contribution is -2.49. The van der Waals surface area contributed by atoms with Crippen LogP contribution in [0.3, 0.4) is 0 Å². The van der Waals surface area contributed by atoms with E-state index in [9.17, 15) is 4.79 Å². The molecule has 1 saturated heterocycles. The van der Waals surface area contributed by atoms with Crippen molar-refractivity contribution in [3.63, 3.8) is 0 Å². The van der Waals surface area contributed by atoms with E-state index in [2.05, 4.69) is 55.2 Å². The highest BCUT2D eigenvalue weighted by Gasteiger charge is 2.25. The maximum absolute atomic E-state index is 13.1. The summed E-state index contributed by atoms with van der Waals surface area (Å²) >= 11 is 0. The molecule has 1 N–H and O–H groups in total. The molecule has 2 aromatic carbocycles. The molecular formula is C23H26N4O2. The number of hydrogen-bond acceptors (Lipinski definition) is 4. The number of benzene rings is 2. The SMILES string of the molecule is Cc1ccc(-c2nc(C(=O)N(C)N3CCOCC3)[nH]c2-c2ccc(C)cc2)cc1. The second-order valence-corrected chi connectivity index (χ2v) is 7.44. The van der Waals surface area contributed by atoms with Gasteiger partial charge in [0.2, 0.25) is 0 Å². The van der Waals surface area contributed by atoms with Crippen molar-refractivity contribution in [2.45, 2.75) is 13.8 Å². The van der Waals surface area contributed by atoms with Crippen molar-refractivity contribution in [3.8, 4) is 22.5 Å². The number of amides is 1. The quantitative estimate of drug-likeness (QED) is 0.738. The second kappa shape index (κ2) is 8.19. The fraction of sp³-hybridized carbons (Fsp3) is 0.304. The van der Waals surface area contributed by atoms with Gasteiger partial charge in [0.25, 0.3) is 0 Å². The number of nitrogens with zero attached hydrogens (tertiary/aromatic N) is 3. The molecule has 1 fully saturated rings. The van der Waals surface area contributed by atoms with Crippen LogP contribution in [0.5, 0.6) is 0 Å². The number of rotatable bonds is 4. The third-order valence-electron chi connectivity index (χ3n) is 5.28. The van der Waals surface area contributed by atoms with Gasteiger partial charge in [0, 0.05) is 31.3 Å². The van der Waals surface area contributed by atoms with Crippen LogP contribution >= 0.6 is 0 Å². The van der Waals surface area contributed by atoms with Gasteiger partial charge in [-0.1, -0.05) is 59.7 Å². The van der Waals surface area contributed by atoms with Gasteiger partial charge in [-0.15, -0.1) is 0 Å². The molecule has 3 aromatic rings. The Morgan fingerprint density at radius 2 is 1.52 bits per heavy atom. The smallest absolute Gasteiger partial charge is 0.303 e. The van der Waals surface area contributed by atoms with E-state index in [1.165, 1.54) is 11.1 Å². The highest BCUT2D eigenvalue weighted by Crippen LogP contribution is 2.31. The monoisotopic (exact) mass is 390 g/mol. The Labute approximate surface area is 171 Å². The molecule has 1 amide bonds. The van der Waals surface area contributed by atoms with Gasteiger partial charge >= 0.3 is 5.91 Å². The number of H-pyrrole nitrogens is 1. The van der Waals surface area contributed by atoms with Gasteiger partial charge < -0.3 is 9.72 Å². The summed E-state index contributed by atoms with van der Waals surface area (Å²) in [5, 5.41) is 3.63. The molecular weight excluding hydrogens is 364 g/mol. The molecule has 1 aromatic heterocycles. The Balaban J connectivity index is 1.73. The molecule has 0 saturated carbocycles. The topological polar surface area (TPSA) is 61.5 Å². The summed E-state index contributed by atoms with van der Waals surface area (Å²) in [4.78, 5) is 21.1. The van der Waals surface area contributed by atoms with E-state index in [0.717, 1.165) is 22.5 Å². The number of aromatic nitrogens is 2. The molecule has 0 unspecified atom stereocenters. The lowest BCUT2D eigenvalue weighted by Gasteiger charge is -2.33. The predicted molar refractivity (Wildman–Crippen MR) is 113 cm³/mol. The predicted octanol–water partition coefficient (Wildman–Crippen LogP) is 3.68. The van der Waals surface area contributed by atoms with E-state index in [4.69, 9.17) is 9.72 Å². The summed E-state index contributed by atoms with van der Waals surface area (Å²) in [6, 6.07) is 16.5. The van der Waals surface area contributed by atoms with Crippen LogP contribution in [0.1, 0.15) is 21.7 Å². The molecule has 0 aliphatic carbocycles. The molecule has 29 heavy (non-hydrogen) atoms. The number of ether oxygens (including phenoxy) is 1. The maximum Gasteiger partial charge on any atom is 0.303 e. The Bertz CT molecular complexity index is 924. The molecule has 4 rings (SSSR count). The van der Waals surface area contributed by atoms with Crippen molar-refractivity contribution in [1.82, 2.24) is 20.0 Å². The minimum absolute atomic E-state index is 0.154. The summed E-state index contributed by atoms with van der Waals surface area (Å²) in [5.74, 6) is 0.184. The van der Waals surface area contributed by atoms with Crippen LogP contribution in [-0.2, 0) is 4.74 Å². The summed E-state index contributed by atoms with van der Waals surface area (Å²) < 4.78 is 5.39. The average molecular weight is 390 g/mol. The Hall–Kier alpha value is -2.96.